The molecule has 1 N–H and O–H groups in total. The number of halogens is 1. The van der Waals surface area contributed by atoms with Gasteiger partial charge in [0, 0.05) is 19.7 Å². The smallest absolute Gasteiger partial charge is 0.300 e. The van der Waals surface area contributed by atoms with Crippen LogP contribution in [0.1, 0.15) is 6.92 Å². The molecule has 1 atom stereocenters. The molecule has 1 rings (SSSR count). The Kier molecular flexibility index (Phi) is 5.05. The molecular formula is C8H11ClN2O5S2. The molecule has 1 unspecified atom stereocenters. The molecule has 7 nitrogen and oxygen atoms in total. The molecule has 1 heterocycles. The molecule has 0 aromatic carbocycles. The van der Waals surface area contributed by atoms with Crippen molar-refractivity contribution < 1.29 is 18.1 Å². The predicted octanol–water partition coefficient (Wildman–Crippen LogP) is 1.62. The molecule has 1 aromatic heterocycles. The molecule has 0 radical (unpaired) electrons. The zero-order valence-electron chi connectivity index (χ0n) is 9.54. The quantitative estimate of drug-likeness (QED) is 0.635. The second-order valence-electron chi connectivity index (χ2n) is 3.38. The van der Waals surface area contributed by atoms with E-state index in [1.54, 1.807) is 6.92 Å². The van der Waals surface area contributed by atoms with E-state index in [1.165, 1.54) is 7.11 Å². The second kappa shape index (κ2) is 5.93. The van der Waals surface area contributed by atoms with Gasteiger partial charge in [-0.1, -0.05) is 11.6 Å². The van der Waals surface area contributed by atoms with E-state index in [1.807, 2.05) is 0 Å². The van der Waals surface area contributed by atoms with Crippen LogP contribution in [-0.4, -0.2) is 33.1 Å². The van der Waals surface area contributed by atoms with Gasteiger partial charge in [0.2, 0.25) is 10.0 Å². The molecule has 18 heavy (non-hydrogen) atoms. The minimum Gasteiger partial charge on any atom is -0.380 e. The third-order valence-corrected chi connectivity index (χ3v) is 5.31. The summed E-state index contributed by atoms with van der Waals surface area (Å²) in [5.74, 6) is 0. The van der Waals surface area contributed by atoms with Crippen molar-refractivity contribution in [2.75, 3.05) is 13.7 Å². The summed E-state index contributed by atoms with van der Waals surface area (Å²) in [6.45, 7) is 1.76. The molecule has 102 valence electrons. The highest BCUT2D eigenvalue weighted by Gasteiger charge is 2.25. The third kappa shape index (κ3) is 3.62. The molecule has 0 aliphatic heterocycles. The molecule has 0 spiro atoms. The van der Waals surface area contributed by atoms with E-state index in [-0.39, 0.29) is 21.2 Å². The Labute approximate surface area is 113 Å². The second-order valence-corrected chi connectivity index (χ2v) is 7.03. The van der Waals surface area contributed by atoms with Crippen molar-refractivity contribution in [1.82, 2.24) is 4.72 Å². The van der Waals surface area contributed by atoms with Crippen LogP contribution in [0.5, 0.6) is 0 Å². The van der Waals surface area contributed by atoms with Crippen LogP contribution < -0.4 is 4.72 Å². The van der Waals surface area contributed by atoms with E-state index in [0.717, 1.165) is 6.07 Å². The Balaban J connectivity index is 2.92. The van der Waals surface area contributed by atoms with Gasteiger partial charge in [0.25, 0.3) is 5.69 Å². The average Bonchev–Trinajstić information content (AvgIpc) is 2.69. The highest BCUT2D eigenvalue weighted by Crippen LogP contribution is 2.35. The summed E-state index contributed by atoms with van der Waals surface area (Å²) in [5.41, 5.74) is -0.415. The first-order valence-electron chi connectivity index (χ1n) is 4.74. The highest BCUT2D eigenvalue weighted by atomic mass is 35.5. The standard InChI is InChI=1S/C8H11ClN2O5S2/c1-5(16-2)4-10-18(14,15)7-3-6(11(12)13)8(9)17-7/h3,5,10H,4H2,1-2H3. The van der Waals surface area contributed by atoms with Crippen molar-refractivity contribution in [2.24, 2.45) is 0 Å². The summed E-state index contributed by atoms with van der Waals surface area (Å²) in [6, 6.07) is 0.937. The van der Waals surface area contributed by atoms with E-state index in [0.29, 0.717) is 11.3 Å². The summed E-state index contributed by atoms with van der Waals surface area (Å²) in [6.07, 6.45) is -0.301. The van der Waals surface area contributed by atoms with Crippen molar-refractivity contribution in [1.29, 1.82) is 0 Å². The van der Waals surface area contributed by atoms with Crippen LogP contribution in [0.2, 0.25) is 4.34 Å². The van der Waals surface area contributed by atoms with Crippen LogP contribution >= 0.6 is 22.9 Å². The summed E-state index contributed by atoms with van der Waals surface area (Å²) in [5, 5.41) is 10.6. The Morgan fingerprint density at radius 3 is 2.72 bits per heavy atom. The SMILES string of the molecule is COC(C)CNS(=O)(=O)c1cc([N+](=O)[O-])c(Cl)s1. The summed E-state index contributed by atoms with van der Waals surface area (Å²) in [7, 11) is -2.35. The molecule has 0 aliphatic rings. The van der Waals surface area contributed by atoms with Gasteiger partial charge in [-0.25, -0.2) is 13.1 Å². The molecule has 0 bridgehead atoms. The number of nitrogens with one attached hydrogen (secondary N) is 1. The van der Waals surface area contributed by atoms with E-state index >= 15 is 0 Å². The molecule has 10 heteroatoms. The van der Waals surface area contributed by atoms with Crippen molar-refractivity contribution >= 4 is 38.6 Å². The number of rotatable bonds is 6. The topological polar surface area (TPSA) is 98.5 Å². The van der Waals surface area contributed by atoms with E-state index in [2.05, 4.69) is 4.72 Å². The van der Waals surface area contributed by atoms with Gasteiger partial charge < -0.3 is 4.74 Å². The lowest BCUT2D eigenvalue weighted by Gasteiger charge is -2.09. The minimum atomic E-state index is -3.80. The fraction of sp³-hybridized carbons (Fsp3) is 0.500. The van der Waals surface area contributed by atoms with Crippen molar-refractivity contribution in [3.63, 3.8) is 0 Å². The Hall–Kier alpha value is -0.740. The fourth-order valence-corrected chi connectivity index (χ4v) is 3.80. The Bertz CT molecular complexity index is 542. The lowest BCUT2D eigenvalue weighted by Crippen LogP contribution is -2.31. The normalized spacial score (nSPS) is 13.5. The maximum Gasteiger partial charge on any atom is 0.300 e. The lowest BCUT2D eigenvalue weighted by molar-refractivity contribution is -0.384. The minimum absolute atomic E-state index is 0.0716. The van der Waals surface area contributed by atoms with E-state index < -0.39 is 20.6 Å². The van der Waals surface area contributed by atoms with Gasteiger partial charge in [0.15, 0.2) is 4.34 Å². The van der Waals surface area contributed by atoms with Crippen LogP contribution in [0.4, 0.5) is 5.69 Å². The molecule has 0 amide bonds. The number of thiophene rings is 1. The summed E-state index contributed by atoms with van der Waals surface area (Å²) < 4.78 is 30.4. The Morgan fingerprint density at radius 1 is 1.67 bits per heavy atom. The maximum absolute atomic E-state index is 11.8. The summed E-state index contributed by atoms with van der Waals surface area (Å²) in [4.78, 5) is 9.84. The molecule has 0 saturated carbocycles. The average molecular weight is 315 g/mol. The maximum atomic E-state index is 11.8. The van der Waals surface area contributed by atoms with Crippen LogP contribution in [0.15, 0.2) is 10.3 Å². The first-order valence-corrected chi connectivity index (χ1v) is 7.42. The number of nitro groups is 1. The highest BCUT2D eigenvalue weighted by molar-refractivity contribution is 7.91. The van der Waals surface area contributed by atoms with E-state index in [9.17, 15) is 18.5 Å². The van der Waals surface area contributed by atoms with Crippen LogP contribution in [0, 0.1) is 10.1 Å². The number of nitrogens with zero attached hydrogens (tertiary/aromatic N) is 1. The van der Waals surface area contributed by atoms with Crippen LogP contribution in [0.25, 0.3) is 0 Å². The first kappa shape index (κ1) is 15.3. The molecule has 0 fully saturated rings. The largest absolute Gasteiger partial charge is 0.380 e. The van der Waals surface area contributed by atoms with Crippen molar-refractivity contribution in [3.05, 3.63) is 20.5 Å². The lowest BCUT2D eigenvalue weighted by atomic mass is 10.4. The van der Waals surface area contributed by atoms with Gasteiger partial charge in [-0.15, -0.1) is 11.3 Å². The zero-order valence-corrected chi connectivity index (χ0v) is 11.9. The van der Waals surface area contributed by atoms with Gasteiger partial charge in [-0.2, -0.15) is 0 Å². The fourth-order valence-electron chi connectivity index (χ4n) is 0.977. The Morgan fingerprint density at radius 2 is 2.28 bits per heavy atom. The third-order valence-electron chi connectivity index (χ3n) is 2.07. The monoisotopic (exact) mass is 314 g/mol. The molecular weight excluding hydrogens is 304 g/mol. The molecule has 1 aromatic rings. The number of methoxy groups -OCH3 is 1. The van der Waals surface area contributed by atoms with Crippen LogP contribution in [0.3, 0.4) is 0 Å². The van der Waals surface area contributed by atoms with Crippen molar-refractivity contribution in [3.8, 4) is 0 Å². The number of hydrogen-bond acceptors (Lipinski definition) is 6. The molecule has 0 aliphatic carbocycles. The number of sulfonamides is 1. The zero-order chi connectivity index (χ0) is 13.9. The van der Waals surface area contributed by atoms with Gasteiger partial charge in [-0.3, -0.25) is 10.1 Å². The predicted molar refractivity (Wildman–Crippen MR) is 67.6 cm³/mol. The van der Waals surface area contributed by atoms with Crippen LogP contribution in [-0.2, 0) is 14.8 Å². The first-order chi connectivity index (χ1) is 8.27. The van der Waals surface area contributed by atoms with Gasteiger partial charge in [0.1, 0.15) is 4.21 Å². The van der Waals surface area contributed by atoms with Gasteiger partial charge in [-0.05, 0) is 6.92 Å². The van der Waals surface area contributed by atoms with E-state index in [4.69, 9.17) is 16.3 Å². The summed E-state index contributed by atoms with van der Waals surface area (Å²) >= 11 is 6.24. The molecule has 0 saturated heterocycles. The van der Waals surface area contributed by atoms with Gasteiger partial charge in [0.05, 0.1) is 11.0 Å². The number of hydrogen-bond donors (Lipinski definition) is 1. The number of ether oxygens (including phenoxy) is 1. The van der Waals surface area contributed by atoms with Crippen molar-refractivity contribution in [2.45, 2.75) is 17.2 Å². The van der Waals surface area contributed by atoms with Gasteiger partial charge >= 0.3 is 0 Å².